The Bertz CT molecular complexity index is 903. The van der Waals surface area contributed by atoms with Crippen LogP contribution in [0.25, 0.3) is 0 Å². The van der Waals surface area contributed by atoms with Crippen molar-refractivity contribution in [3.05, 3.63) is 52.2 Å². The van der Waals surface area contributed by atoms with E-state index in [0.29, 0.717) is 24.5 Å². The van der Waals surface area contributed by atoms with Crippen LogP contribution in [-0.2, 0) is 18.4 Å². The molecule has 0 radical (unpaired) electrons. The van der Waals surface area contributed by atoms with Crippen molar-refractivity contribution in [3.63, 3.8) is 0 Å². The number of benzene rings is 1. The summed E-state index contributed by atoms with van der Waals surface area (Å²) in [6, 6.07) is 8.93. The lowest BCUT2D eigenvalue weighted by Crippen LogP contribution is -2.39. The maximum absolute atomic E-state index is 12.5. The highest BCUT2D eigenvalue weighted by Gasteiger charge is 2.36. The van der Waals surface area contributed by atoms with E-state index in [1.807, 2.05) is 11.0 Å². The summed E-state index contributed by atoms with van der Waals surface area (Å²) in [7, 11) is 1.70. The van der Waals surface area contributed by atoms with Crippen LogP contribution in [0.2, 0.25) is 0 Å². The van der Waals surface area contributed by atoms with Crippen molar-refractivity contribution in [2.24, 2.45) is 13.0 Å². The molecule has 7 nitrogen and oxygen atoms in total. The predicted octanol–water partition coefficient (Wildman–Crippen LogP) is 1.58. The fourth-order valence-electron chi connectivity index (χ4n) is 3.76. The van der Waals surface area contributed by atoms with Crippen LogP contribution in [-0.4, -0.2) is 44.0 Å². The molecule has 0 spiro atoms. The fourth-order valence-corrected chi connectivity index (χ4v) is 3.76. The Kier molecular flexibility index (Phi) is 4.68. The molecule has 7 heteroatoms. The molecule has 1 aromatic heterocycles. The number of rotatable bonds is 5. The number of carbonyl (C=O) groups is 2. The maximum atomic E-state index is 12.5. The van der Waals surface area contributed by atoms with E-state index in [1.54, 1.807) is 35.9 Å². The van der Waals surface area contributed by atoms with Crippen molar-refractivity contribution in [3.8, 4) is 0 Å². The van der Waals surface area contributed by atoms with E-state index in [4.69, 9.17) is 0 Å². The van der Waals surface area contributed by atoms with Crippen molar-refractivity contribution < 1.29 is 9.59 Å². The summed E-state index contributed by atoms with van der Waals surface area (Å²) in [6.07, 6.45) is 3.64. The van der Waals surface area contributed by atoms with Crippen molar-refractivity contribution in [2.45, 2.75) is 38.1 Å². The van der Waals surface area contributed by atoms with Crippen LogP contribution in [0.15, 0.2) is 35.1 Å². The summed E-state index contributed by atoms with van der Waals surface area (Å²) in [5, 5.41) is 4.46. The first-order valence-electron chi connectivity index (χ1n) is 9.55. The second kappa shape index (κ2) is 7.13. The number of piperidine rings is 1. The largest absolute Gasteiger partial charge is 0.346 e. The van der Waals surface area contributed by atoms with E-state index in [9.17, 15) is 14.4 Å². The number of hydrogen-bond donors (Lipinski definition) is 0. The molecule has 0 unspecified atom stereocenters. The third-order valence-corrected chi connectivity index (χ3v) is 5.56. The Hall–Kier alpha value is -2.70. The van der Waals surface area contributed by atoms with Gasteiger partial charge in [0.1, 0.15) is 12.4 Å². The molecular formula is C20H24N4O3. The summed E-state index contributed by atoms with van der Waals surface area (Å²) < 4.78 is 2.80. The SMILES string of the molecule is Cn1c(C2CCN(C(=O)C3CC3)CC2)nn(CC(=O)c2ccccc2)c1=O. The lowest BCUT2D eigenvalue weighted by molar-refractivity contribution is -0.133. The van der Waals surface area contributed by atoms with Gasteiger partial charge >= 0.3 is 5.69 Å². The molecule has 1 saturated heterocycles. The first kappa shape index (κ1) is 17.7. The van der Waals surface area contributed by atoms with Gasteiger partial charge in [-0.2, -0.15) is 5.10 Å². The molecule has 0 N–H and O–H groups in total. The topological polar surface area (TPSA) is 77.2 Å². The van der Waals surface area contributed by atoms with Gasteiger partial charge in [0.2, 0.25) is 5.91 Å². The van der Waals surface area contributed by atoms with E-state index in [1.165, 1.54) is 4.68 Å². The van der Waals surface area contributed by atoms with Crippen LogP contribution < -0.4 is 5.69 Å². The molecule has 2 aliphatic rings. The maximum Gasteiger partial charge on any atom is 0.346 e. The molecular weight excluding hydrogens is 344 g/mol. The highest BCUT2D eigenvalue weighted by atomic mass is 16.2. The minimum absolute atomic E-state index is 0.0598. The summed E-state index contributed by atoms with van der Waals surface area (Å²) in [5.41, 5.74) is 0.300. The van der Waals surface area contributed by atoms with Gasteiger partial charge in [0.15, 0.2) is 5.78 Å². The smallest absolute Gasteiger partial charge is 0.342 e. The number of amides is 1. The molecule has 0 atom stereocenters. The lowest BCUT2D eigenvalue weighted by Gasteiger charge is -2.31. The van der Waals surface area contributed by atoms with Crippen molar-refractivity contribution in [1.82, 2.24) is 19.2 Å². The minimum atomic E-state index is -0.272. The quantitative estimate of drug-likeness (QED) is 0.751. The van der Waals surface area contributed by atoms with Crippen LogP contribution in [0.3, 0.4) is 0 Å². The first-order chi connectivity index (χ1) is 13.0. The average molecular weight is 368 g/mol. The van der Waals surface area contributed by atoms with Gasteiger partial charge in [0.25, 0.3) is 0 Å². The van der Waals surface area contributed by atoms with Crippen molar-refractivity contribution in [1.29, 1.82) is 0 Å². The zero-order valence-corrected chi connectivity index (χ0v) is 15.5. The monoisotopic (exact) mass is 368 g/mol. The second-order valence-electron chi connectivity index (χ2n) is 7.52. The predicted molar refractivity (Wildman–Crippen MR) is 99.5 cm³/mol. The molecule has 142 valence electrons. The summed E-state index contributed by atoms with van der Waals surface area (Å²) >= 11 is 0. The molecule has 1 amide bonds. The minimum Gasteiger partial charge on any atom is -0.342 e. The summed E-state index contributed by atoms with van der Waals surface area (Å²) in [6.45, 7) is 1.36. The molecule has 1 aliphatic carbocycles. The van der Waals surface area contributed by atoms with E-state index in [-0.39, 0.29) is 35.8 Å². The average Bonchev–Trinajstić information content (AvgIpc) is 3.51. The van der Waals surface area contributed by atoms with Crippen LogP contribution in [0, 0.1) is 5.92 Å². The van der Waals surface area contributed by atoms with Gasteiger partial charge in [-0.1, -0.05) is 30.3 Å². The third-order valence-electron chi connectivity index (χ3n) is 5.56. The zero-order chi connectivity index (χ0) is 19.0. The first-order valence-corrected chi connectivity index (χ1v) is 9.55. The van der Waals surface area contributed by atoms with Crippen LogP contribution in [0.4, 0.5) is 0 Å². The van der Waals surface area contributed by atoms with Crippen molar-refractivity contribution >= 4 is 11.7 Å². The Morgan fingerprint density at radius 3 is 2.37 bits per heavy atom. The Morgan fingerprint density at radius 1 is 1.07 bits per heavy atom. The Labute approximate surface area is 157 Å². The van der Waals surface area contributed by atoms with Crippen LogP contribution in [0.1, 0.15) is 47.8 Å². The number of carbonyl (C=O) groups excluding carboxylic acids is 2. The number of ketones is 1. The van der Waals surface area contributed by atoms with Gasteiger partial charge in [0.05, 0.1) is 0 Å². The van der Waals surface area contributed by atoms with Crippen molar-refractivity contribution in [2.75, 3.05) is 13.1 Å². The van der Waals surface area contributed by atoms with Crippen LogP contribution in [0.5, 0.6) is 0 Å². The van der Waals surface area contributed by atoms with Gasteiger partial charge in [-0.15, -0.1) is 0 Å². The molecule has 1 aliphatic heterocycles. The number of likely N-dealkylation sites (tertiary alicyclic amines) is 1. The van der Waals surface area contributed by atoms with Gasteiger partial charge in [-0.25, -0.2) is 9.48 Å². The van der Waals surface area contributed by atoms with E-state index >= 15 is 0 Å². The zero-order valence-electron chi connectivity index (χ0n) is 15.5. The summed E-state index contributed by atoms with van der Waals surface area (Å²) in [5.74, 6) is 1.24. The number of aromatic nitrogens is 3. The number of Topliss-reactive ketones (excluding diaryl/α,β-unsaturated/α-hetero) is 1. The Morgan fingerprint density at radius 2 is 1.74 bits per heavy atom. The summed E-state index contributed by atoms with van der Waals surface area (Å²) in [4.78, 5) is 39.1. The molecule has 2 aromatic rings. The van der Waals surface area contributed by atoms with E-state index < -0.39 is 0 Å². The molecule has 4 rings (SSSR count). The van der Waals surface area contributed by atoms with Crippen LogP contribution >= 0.6 is 0 Å². The standard InChI is InChI=1S/C20H24N4O3/c1-22-18(15-9-11-23(12-10-15)19(26)16-7-8-16)21-24(20(22)27)13-17(25)14-5-3-2-4-6-14/h2-6,15-16H,7-13H2,1H3. The highest BCUT2D eigenvalue weighted by molar-refractivity contribution is 5.95. The van der Waals surface area contributed by atoms with Gasteiger partial charge in [-0.05, 0) is 25.7 Å². The molecule has 1 saturated carbocycles. The highest BCUT2D eigenvalue weighted by Crippen LogP contribution is 2.33. The van der Waals surface area contributed by atoms with Gasteiger partial charge in [0, 0.05) is 37.5 Å². The Balaban J connectivity index is 1.45. The van der Waals surface area contributed by atoms with E-state index in [2.05, 4.69) is 5.10 Å². The van der Waals surface area contributed by atoms with Gasteiger partial charge in [-0.3, -0.25) is 14.2 Å². The third kappa shape index (κ3) is 3.59. The van der Waals surface area contributed by atoms with Gasteiger partial charge < -0.3 is 4.90 Å². The molecule has 2 heterocycles. The normalized spacial score (nSPS) is 17.9. The molecule has 27 heavy (non-hydrogen) atoms. The lowest BCUT2D eigenvalue weighted by atomic mass is 9.95. The van der Waals surface area contributed by atoms with E-state index in [0.717, 1.165) is 25.7 Å². The number of hydrogen-bond acceptors (Lipinski definition) is 4. The molecule has 2 fully saturated rings. The molecule has 0 bridgehead atoms. The molecule has 1 aromatic carbocycles. The second-order valence-corrected chi connectivity index (χ2v) is 7.52. The number of nitrogens with zero attached hydrogens (tertiary/aromatic N) is 4. The fraction of sp³-hybridized carbons (Fsp3) is 0.500.